The van der Waals surface area contributed by atoms with Gasteiger partial charge in [-0.1, -0.05) is 17.7 Å². The molecular formula is C18H17ClF4N4O. The fourth-order valence-electron chi connectivity index (χ4n) is 2.99. The number of alkyl halides is 3. The van der Waals surface area contributed by atoms with Crippen molar-refractivity contribution < 1.29 is 22.4 Å². The van der Waals surface area contributed by atoms with Crippen LogP contribution >= 0.6 is 11.6 Å². The molecule has 10 heteroatoms. The number of nitrogens with zero attached hydrogens (tertiary/aromatic N) is 3. The fourth-order valence-corrected chi connectivity index (χ4v) is 3.17. The molecule has 0 unspecified atom stereocenters. The molecule has 1 N–H and O–H groups in total. The molecule has 0 atom stereocenters. The number of hydrogen-bond acceptors (Lipinski definition) is 4. The molecule has 1 amide bonds. The first-order chi connectivity index (χ1) is 13.3. The number of carbonyl (C=O) groups excluding carboxylic acids is 1. The summed E-state index contributed by atoms with van der Waals surface area (Å²) < 4.78 is 52.4. The average Bonchev–Trinajstić information content (AvgIpc) is 2.67. The minimum Gasteiger partial charge on any atom is -0.347 e. The number of anilines is 1. The van der Waals surface area contributed by atoms with E-state index in [2.05, 4.69) is 15.3 Å². The smallest absolute Gasteiger partial charge is 0.347 e. The van der Waals surface area contributed by atoms with Gasteiger partial charge in [0.15, 0.2) is 5.69 Å². The van der Waals surface area contributed by atoms with Crippen LogP contribution < -0.4 is 10.2 Å². The first-order valence-electron chi connectivity index (χ1n) is 8.67. The van der Waals surface area contributed by atoms with Gasteiger partial charge in [-0.3, -0.25) is 4.79 Å². The lowest BCUT2D eigenvalue weighted by atomic mass is 10.1. The van der Waals surface area contributed by atoms with Gasteiger partial charge in [-0.15, -0.1) is 0 Å². The van der Waals surface area contributed by atoms with Crippen molar-refractivity contribution in [1.29, 1.82) is 0 Å². The van der Waals surface area contributed by atoms with Crippen LogP contribution in [0.3, 0.4) is 0 Å². The first-order valence-corrected chi connectivity index (χ1v) is 9.05. The largest absolute Gasteiger partial charge is 0.416 e. The van der Waals surface area contributed by atoms with Crippen molar-refractivity contribution in [1.82, 2.24) is 15.3 Å². The number of amides is 1. The number of rotatable bonds is 4. The van der Waals surface area contributed by atoms with E-state index in [0.29, 0.717) is 12.0 Å². The zero-order valence-corrected chi connectivity index (χ0v) is 15.4. The van der Waals surface area contributed by atoms with Gasteiger partial charge < -0.3 is 10.2 Å². The minimum absolute atomic E-state index is 0.00610. The predicted molar refractivity (Wildman–Crippen MR) is 95.7 cm³/mol. The molecule has 2 heterocycles. The Bertz CT molecular complexity index is 869. The third-order valence-corrected chi connectivity index (χ3v) is 4.68. The zero-order valence-electron chi connectivity index (χ0n) is 14.7. The number of carbonyl (C=O) groups is 1. The molecule has 28 heavy (non-hydrogen) atoms. The van der Waals surface area contributed by atoms with Gasteiger partial charge in [0.05, 0.1) is 16.8 Å². The summed E-state index contributed by atoms with van der Waals surface area (Å²) in [7, 11) is 0. The van der Waals surface area contributed by atoms with Gasteiger partial charge in [-0.2, -0.15) is 13.2 Å². The Morgan fingerprint density at radius 2 is 1.93 bits per heavy atom. The Balaban J connectivity index is 1.77. The van der Waals surface area contributed by atoms with Crippen molar-refractivity contribution in [3.8, 4) is 0 Å². The number of nitrogens with one attached hydrogen (secondary N) is 1. The number of aromatic nitrogens is 2. The SMILES string of the molecule is O=C(NCc1ccc(F)cc1C(F)(F)F)c1nc(N2CCCCC2)ncc1Cl. The van der Waals surface area contributed by atoms with E-state index < -0.39 is 30.0 Å². The third kappa shape index (κ3) is 4.70. The Labute approximate surface area is 163 Å². The maximum absolute atomic E-state index is 13.2. The predicted octanol–water partition coefficient (Wildman–Crippen LogP) is 4.21. The zero-order chi connectivity index (χ0) is 20.3. The summed E-state index contributed by atoms with van der Waals surface area (Å²) in [6, 6.07) is 2.29. The van der Waals surface area contributed by atoms with E-state index >= 15 is 0 Å². The summed E-state index contributed by atoms with van der Waals surface area (Å²) in [6.45, 7) is 1.06. The lowest BCUT2D eigenvalue weighted by molar-refractivity contribution is -0.138. The number of hydrogen-bond donors (Lipinski definition) is 1. The number of halogens is 5. The monoisotopic (exact) mass is 416 g/mol. The normalized spacial score (nSPS) is 14.8. The Morgan fingerprint density at radius 3 is 2.61 bits per heavy atom. The van der Waals surface area contributed by atoms with E-state index in [1.54, 1.807) is 0 Å². The van der Waals surface area contributed by atoms with Gasteiger partial charge in [-0.25, -0.2) is 14.4 Å². The number of piperidine rings is 1. The van der Waals surface area contributed by atoms with E-state index in [4.69, 9.17) is 11.6 Å². The van der Waals surface area contributed by atoms with Crippen LogP contribution in [0.2, 0.25) is 5.02 Å². The molecule has 0 saturated carbocycles. The van der Waals surface area contributed by atoms with E-state index in [1.165, 1.54) is 6.20 Å². The van der Waals surface area contributed by atoms with Crippen LogP contribution in [0.1, 0.15) is 40.9 Å². The van der Waals surface area contributed by atoms with E-state index in [1.807, 2.05) is 4.90 Å². The molecule has 0 spiro atoms. The van der Waals surface area contributed by atoms with Crippen LogP contribution in [0.25, 0.3) is 0 Å². The Hall–Kier alpha value is -2.42. The molecule has 5 nitrogen and oxygen atoms in total. The molecule has 150 valence electrons. The van der Waals surface area contributed by atoms with Crippen LogP contribution in [0.5, 0.6) is 0 Å². The van der Waals surface area contributed by atoms with Gasteiger partial charge in [0, 0.05) is 19.6 Å². The average molecular weight is 417 g/mol. The maximum atomic E-state index is 13.2. The lowest BCUT2D eigenvalue weighted by Crippen LogP contribution is -2.32. The van der Waals surface area contributed by atoms with Gasteiger partial charge in [0.1, 0.15) is 5.82 Å². The summed E-state index contributed by atoms with van der Waals surface area (Å²) >= 11 is 6.00. The van der Waals surface area contributed by atoms with Crippen LogP contribution in [0.4, 0.5) is 23.5 Å². The second kappa shape index (κ2) is 8.30. The highest BCUT2D eigenvalue weighted by Gasteiger charge is 2.33. The molecule has 0 radical (unpaired) electrons. The highest BCUT2D eigenvalue weighted by atomic mass is 35.5. The second-order valence-electron chi connectivity index (χ2n) is 6.40. The lowest BCUT2D eigenvalue weighted by Gasteiger charge is -2.26. The van der Waals surface area contributed by atoms with Gasteiger partial charge >= 0.3 is 6.18 Å². The van der Waals surface area contributed by atoms with Gasteiger partial charge in [-0.05, 0) is 37.0 Å². The van der Waals surface area contributed by atoms with Gasteiger partial charge in [0.25, 0.3) is 5.91 Å². The molecule has 3 rings (SSSR count). The van der Waals surface area contributed by atoms with Crippen molar-refractivity contribution in [3.63, 3.8) is 0 Å². The fraction of sp³-hybridized carbons (Fsp3) is 0.389. The molecule has 1 aliphatic rings. The van der Waals surface area contributed by atoms with Crippen molar-refractivity contribution in [2.75, 3.05) is 18.0 Å². The minimum atomic E-state index is -4.74. The summed E-state index contributed by atoms with van der Waals surface area (Å²) in [6.07, 6.45) is -0.365. The molecule has 1 aliphatic heterocycles. The van der Waals surface area contributed by atoms with Crippen LogP contribution in [0, 0.1) is 5.82 Å². The van der Waals surface area contributed by atoms with E-state index in [9.17, 15) is 22.4 Å². The Kier molecular flexibility index (Phi) is 6.02. The van der Waals surface area contributed by atoms with E-state index in [0.717, 1.165) is 44.5 Å². The Morgan fingerprint density at radius 1 is 1.21 bits per heavy atom. The van der Waals surface area contributed by atoms with Crippen LogP contribution in [-0.2, 0) is 12.7 Å². The molecule has 1 fully saturated rings. The van der Waals surface area contributed by atoms with Crippen molar-refractivity contribution >= 4 is 23.5 Å². The van der Waals surface area contributed by atoms with Crippen molar-refractivity contribution in [3.05, 3.63) is 52.1 Å². The first kappa shape index (κ1) is 20.3. The molecule has 1 saturated heterocycles. The number of benzene rings is 1. The molecule has 1 aromatic carbocycles. The summed E-state index contributed by atoms with van der Waals surface area (Å²) in [5, 5.41) is 2.36. The van der Waals surface area contributed by atoms with Crippen molar-refractivity contribution in [2.24, 2.45) is 0 Å². The summed E-state index contributed by atoms with van der Waals surface area (Å²) in [5.41, 5.74) is -1.52. The standard InChI is InChI=1S/C18H17ClF4N4O/c19-14-10-25-17(27-6-2-1-3-7-27)26-15(14)16(28)24-9-11-4-5-12(20)8-13(11)18(21,22)23/h4-5,8,10H,1-3,6-7,9H2,(H,24,28). The highest BCUT2D eigenvalue weighted by Crippen LogP contribution is 2.32. The summed E-state index contributed by atoms with van der Waals surface area (Å²) in [5.74, 6) is -1.39. The molecule has 1 aromatic heterocycles. The molecule has 0 aliphatic carbocycles. The van der Waals surface area contributed by atoms with Crippen molar-refractivity contribution in [2.45, 2.75) is 32.0 Å². The second-order valence-corrected chi connectivity index (χ2v) is 6.80. The third-order valence-electron chi connectivity index (χ3n) is 4.40. The van der Waals surface area contributed by atoms with E-state index in [-0.39, 0.29) is 16.3 Å². The highest BCUT2D eigenvalue weighted by molar-refractivity contribution is 6.33. The quantitative estimate of drug-likeness (QED) is 0.759. The molecular weight excluding hydrogens is 400 g/mol. The molecule has 0 bridgehead atoms. The summed E-state index contributed by atoms with van der Waals surface area (Å²) in [4.78, 5) is 22.7. The molecule has 2 aromatic rings. The van der Waals surface area contributed by atoms with Crippen LogP contribution in [-0.4, -0.2) is 29.0 Å². The van der Waals surface area contributed by atoms with Crippen LogP contribution in [0.15, 0.2) is 24.4 Å². The maximum Gasteiger partial charge on any atom is 0.416 e. The van der Waals surface area contributed by atoms with Gasteiger partial charge in [0.2, 0.25) is 5.95 Å². The topological polar surface area (TPSA) is 58.1 Å².